The highest BCUT2D eigenvalue weighted by atomic mass is 32.1. The lowest BCUT2D eigenvalue weighted by Gasteiger charge is -2.39. The van der Waals surface area contributed by atoms with Crippen molar-refractivity contribution in [3.8, 4) is 0 Å². The van der Waals surface area contributed by atoms with Crippen molar-refractivity contribution in [2.75, 3.05) is 37.6 Å². The Morgan fingerprint density at radius 2 is 1.95 bits per heavy atom. The van der Waals surface area contributed by atoms with Gasteiger partial charge in [-0.15, -0.1) is 11.3 Å². The molecule has 1 atom stereocenters. The first-order chi connectivity index (χ1) is 9.15. The summed E-state index contributed by atoms with van der Waals surface area (Å²) in [7, 11) is 0. The van der Waals surface area contributed by atoms with E-state index in [1.54, 1.807) is 0 Å². The number of aryl methyl sites for hydroxylation is 2. The lowest BCUT2D eigenvalue weighted by atomic mass is 10.1. The maximum atomic E-state index is 5.70. The molecule has 1 saturated heterocycles. The van der Waals surface area contributed by atoms with Crippen LogP contribution in [-0.4, -0.2) is 48.6 Å². The second-order valence-electron chi connectivity index (χ2n) is 5.30. The van der Waals surface area contributed by atoms with Gasteiger partial charge in [0.25, 0.3) is 0 Å². The monoisotopic (exact) mass is 282 g/mol. The average Bonchev–Trinajstić information content (AvgIpc) is 2.76. The number of hydrogen-bond donors (Lipinski definition) is 1. The van der Waals surface area contributed by atoms with Crippen molar-refractivity contribution in [1.29, 1.82) is 0 Å². The van der Waals surface area contributed by atoms with Crippen LogP contribution in [-0.2, 0) is 0 Å². The molecule has 0 spiro atoms. The van der Waals surface area contributed by atoms with Crippen molar-refractivity contribution < 1.29 is 0 Å². The minimum atomic E-state index is 0.659. The molecule has 5 heteroatoms. The van der Waals surface area contributed by atoms with Crippen LogP contribution in [0.25, 0.3) is 0 Å². The van der Waals surface area contributed by atoms with Crippen LogP contribution in [0.3, 0.4) is 0 Å². The van der Waals surface area contributed by atoms with Gasteiger partial charge in [-0.2, -0.15) is 0 Å². The van der Waals surface area contributed by atoms with Gasteiger partial charge in [-0.05, 0) is 33.2 Å². The molecular weight excluding hydrogens is 256 g/mol. The highest BCUT2D eigenvalue weighted by molar-refractivity contribution is 7.15. The third-order valence-corrected chi connectivity index (χ3v) is 5.22. The number of piperazine rings is 1. The van der Waals surface area contributed by atoms with Crippen LogP contribution in [0.5, 0.6) is 0 Å². The highest BCUT2D eigenvalue weighted by Crippen LogP contribution is 2.26. The van der Waals surface area contributed by atoms with E-state index in [1.165, 1.54) is 22.1 Å². The van der Waals surface area contributed by atoms with Crippen molar-refractivity contribution in [2.24, 2.45) is 5.73 Å². The number of anilines is 1. The fourth-order valence-corrected chi connectivity index (χ4v) is 3.67. The van der Waals surface area contributed by atoms with Crippen molar-refractivity contribution in [3.05, 3.63) is 10.6 Å². The van der Waals surface area contributed by atoms with Crippen LogP contribution in [0.4, 0.5) is 5.13 Å². The summed E-state index contributed by atoms with van der Waals surface area (Å²) in [6.45, 7) is 11.8. The van der Waals surface area contributed by atoms with Crippen LogP contribution in [0.1, 0.15) is 30.3 Å². The molecule has 0 bridgehead atoms. The van der Waals surface area contributed by atoms with E-state index >= 15 is 0 Å². The van der Waals surface area contributed by atoms with Crippen molar-refractivity contribution in [1.82, 2.24) is 9.88 Å². The molecule has 0 saturated carbocycles. The van der Waals surface area contributed by atoms with Crippen LogP contribution >= 0.6 is 11.3 Å². The Labute approximate surface area is 120 Å². The average molecular weight is 282 g/mol. The quantitative estimate of drug-likeness (QED) is 0.897. The van der Waals surface area contributed by atoms with Crippen LogP contribution in [0.2, 0.25) is 0 Å². The standard InChI is InChI=1S/C14H26N4S/c1-4-13(5-6-15)17-7-9-18(10-8-17)14-16-11(2)12(3)19-14/h13H,4-10,15H2,1-3H3. The highest BCUT2D eigenvalue weighted by Gasteiger charge is 2.23. The summed E-state index contributed by atoms with van der Waals surface area (Å²) in [4.78, 5) is 11.0. The fraction of sp³-hybridized carbons (Fsp3) is 0.786. The molecule has 108 valence electrons. The van der Waals surface area contributed by atoms with Gasteiger partial charge in [-0.1, -0.05) is 6.92 Å². The first-order valence-electron chi connectivity index (χ1n) is 7.28. The number of hydrogen-bond acceptors (Lipinski definition) is 5. The van der Waals surface area contributed by atoms with Gasteiger partial charge in [0.15, 0.2) is 5.13 Å². The van der Waals surface area contributed by atoms with E-state index in [0.29, 0.717) is 6.04 Å². The van der Waals surface area contributed by atoms with Crippen molar-refractivity contribution >= 4 is 16.5 Å². The summed E-state index contributed by atoms with van der Waals surface area (Å²) in [5.41, 5.74) is 6.88. The SMILES string of the molecule is CCC(CCN)N1CCN(c2nc(C)c(C)s2)CC1. The number of rotatable bonds is 5. The van der Waals surface area contributed by atoms with E-state index < -0.39 is 0 Å². The smallest absolute Gasteiger partial charge is 0.185 e. The van der Waals surface area contributed by atoms with E-state index in [1.807, 2.05) is 11.3 Å². The van der Waals surface area contributed by atoms with Gasteiger partial charge in [-0.3, -0.25) is 4.90 Å². The minimum Gasteiger partial charge on any atom is -0.346 e. The van der Waals surface area contributed by atoms with Crippen LogP contribution in [0.15, 0.2) is 0 Å². The maximum absolute atomic E-state index is 5.70. The Morgan fingerprint density at radius 3 is 2.42 bits per heavy atom. The van der Waals surface area contributed by atoms with E-state index in [-0.39, 0.29) is 0 Å². The third kappa shape index (κ3) is 3.46. The van der Waals surface area contributed by atoms with Crippen molar-refractivity contribution in [2.45, 2.75) is 39.7 Å². The summed E-state index contributed by atoms with van der Waals surface area (Å²) >= 11 is 1.82. The van der Waals surface area contributed by atoms with Gasteiger partial charge in [0.1, 0.15) is 0 Å². The Kier molecular flexibility index (Phi) is 5.19. The maximum Gasteiger partial charge on any atom is 0.185 e. The van der Waals surface area contributed by atoms with Crippen LogP contribution in [0, 0.1) is 13.8 Å². The van der Waals surface area contributed by atoms with E-state index in [2.05, 4.69) is 35.6 Å². The van der Waals surface area contributed by atoms with Gasteiger partial charge >= 0.3 is 0 Å². The molecule has 1 aromatic rings. The third-order valence-electron chi connectivity index (χ3n) is 4.09. The second-order valence-corrected chi connectivity index (χ2v) is 6.48. The van der Waals surface area contributed by atoms with Gasteiger partial charge < -0.3 is 10.6 Å². The summed E-state index contributed by atoms with van der Waals surface area (Å²) in [5.74, 6) is 0. The largest absolute Gasteiger partial charge is 0.346 e. The van der Waals surface area contributed by atoms with Gasteiger partial charge in [0.2, 0.25) is 0 Å². The molecule has 2 N–H and O–H groups in total. The zero-order valence-corrected chi connectivity index (χ0v) is 13.2. The molecule has 19 heavy (non-hydrogen) atoms. The molecule has 0 aromatic carbocycles. The summed E-state index contributed by atoms with van der Waals surface area (Å²) < 4.78 is 0. The second kappa shape index (κ2) is 6.68. The fourth-order valence-electron chi connectivity index (χ4n) is 2.71. The molecule has 1 unspecified atom stereocenters. The Balaban J connectivity index is 1.91. The van der Waals surface area contributed by atoms with Gasteiger partial charge in [-0.25, -0.2) is 4.98 Å². The molecule has 0 amide bonds. The summed E-state index contributed by atoms with van der Waals surface area (Å²) in [5, 5.41) is 1.20. The predicted octanol–water partition coefficient (Wildman–Crippen LogP) is 2.01. The molecular formula is C14H26N4S. The molecule has 4 nitrogen and oxygen atoms in total. The van der Waals surface area contributed by atoms with E-state index in [4.69, 9.17) is 5.73 Å². The first-order valence-corrected chi connectivity index (χ1v) is 8.10. The Morgan fingerprint density at radius 1 is 1.26 bits per heavy atom. The zero-order chi connectivity index (χ0) is 13.8. The Hall–Kier alpha value is -0.650. The molecule has 0 radical (unpaired) electrons. The topological polar surface area (TPSA) is 45.4 Å². The Bertz CT molecular complexity index is 377. The molecule has 0 aliphatic carbocycles. The number of nitrogens with zero attached hydrogens (tertiary/aromatic N) is 3. The van der Waals surface area contributed by atoms with Crippen LogP contribution < -0.4 is 10.6 Å². The summed E-state index contributed by atoms with van der Waals surface area (Å²) in [6, 6.07) is 0.659. The molecule has 1 aliphatic rings. The predicted molar refractivity (Wildman–Crippen MR) is 83.1 cm³/mol. The summed E-state index contributed by atoms with van der Waals surface area (Å²) in [6.07, 6.45) is 2.32. The first kappa shape index (κ1) is 14.8. The van der Waals surface area contributed by atoms with E-state index in [0.717, 1.165) is 39.1 Å². The molecule has 1 aromatic heterocycles. The molecule has 2 rings (SSSR count). The normalized spacial score (nSPS) is 18.8. The number of aromatic nitrogens is 1. The van der Waals surface area contributed by atoms with Gasteiger partial charge in [0, 0.05) is 37.1 Å². The molecule has 1 fully saturated rings. The lowest BCUT2D eigenvalue weighted by molar-refractivity contribution is 0.173. The minimum absolute atomic E-state index is 0.659. The molecule has 2 heterocycles. The number of thiazole rings is 1. The zero-order valence-electron chi connectivity index (χ0n) is 12.4. The van der Waals surface area contributed by atoms with Gasteiger partial charge in [0.05, 0.1) is 5.69 Å². The lowest BCUT2D eigenvalue weighted by Crippen LogP contribution is -2.50. The molecule has 1 aliphatic heterocycles. The van der Waals surface area contributed by atoms with Crippen molar-refractivity contribution in [3.63, 3.8) is 0 Å². The number of nitrogens with two attached hydrogens (primary N) is 1. The van der Waals surface area contributed by atoms with E-state index in [9.17, 15) is 0 Å².